The molecule has 0 aliphatic carbocycles. The lowest BCUT2D eigenvalue weighted by Gasteiger charge is -2.28. The molecule has 1 atom stereocenters. The predicted octanol–water partition coefficient (Wildman–Crippen LogP) is 3.99. The lowest BCUT2D eigenvalue weighted by molar-refractivity contribution is 0.0708. The zero-order valence-corrected chi connectivity index (χ0v) is 17.1. The van der Waals surface area contributed by atoms with E-state index in [1.54, 1.807) is 11.0 Å². The minimum Gasteiger partial charge on any atom is -0.450 e. The summed E-state index contributed by atoms with van der Waals surface area (Å²) in [6.07, 6.45) is 0. The molecule has 4 rings (SSSR count). The van der Waals surface area contributed by atoms with E-state index >= 15 is 0 Å². The van der Waals surface area contributed by atoms with Crippen molar-refractivity contribution < 1.29 is 9.21 Å². The molecule has 1 aliphatic heterocycles. The summed E-state index contributed by atoms with van der Waals surface area (Å²) in [6.45, 7) is 9.30. The number of carbonyl (C=O) groups is 1. The molecule has 2 heterocycles. The molecule has 5 heteroatoms. The molecule has 1 unspecified atom stereocenters. The van der Waals surface area contributed by atoms with E-state index in [0.29, 0.717) is 23.1 Å². The fraction of sp³-hybridized carbons (Fsp3) is 0.333. The number of fused-ring (bicyclic) bond motifs is 2. The number of nitrogens with zero attached hydrogens (tertiary/aromatic N) is 2. The van der Waals surface area contributed by atoms with Gasteiger partial charge in [0.1, 0.15) is 5.58 Å². The molecule has 3 aromatic rings. The third-order valence-corrected chi connectivity index (χ3v) is 5.79. The van der Waals surface area contributed by atoms with Crippen molar-refractivity contribution >= 4 is 16.9 Å². The first-order valence-electron chi connectivity index (χ1n) is 10.2. The zero-order chi connectivity index (χ0) is 20.5. The minimum absolute atomic E-state index is 0.113. The monoisotopic (exact) mass is 390 g/mol. The van der Waals surface area contributed by atoms with Crippen LogP contribution in [0.5, 0.6) is 0 Å². The lowest BCUT2D eigenvalue weighted by atomic mass is 9.98. The van der Waals surface area contributed by atoms with E-state index in [9.17, 15) is 9.59 Å². The smallest absolute Gasteiger partial charge is 0.290 e. The van der Waals surface area contributed by atoms with Crippen LogP contribution in [0.25, 0.3) is 11.0 Å². The third-order valence-electron chi connectivity index (χ3n) is 5.79. The van der Waals surface area contributed by atoms with Crippen LogP contribution in [0.15, 0.2) is 57.7 Å². The first-order chi connectivity index (χ1) is 14.0. The van der Waals surface area contributed by atoms with Crippen LogP contribution < -0.4 is 5.43 Å². The van der Waals surface area contributed by atoms with Gasteiger partial charge >= 0.3 is 0 Å². The van der Waals surface area contributed by atoms with Crippen molar-refractivity contribution in [3.05, 3.63) is 81.2 Å². The van der Waals surface area contributed by atoms with Gasteiger partial charge in [-0.05, 0) is 37.7 Å². The van der Waals surface area contributed by atoms with Gasteiger partial charge in [-0.2, -0.15) is 0 Å². The van der Waals surface area contributed by atoms with Crippen molar-refractivity contribution in [2.24, 2.45) is 0 Å². The Morgan fingerprint density at radius 3 is 2.45 bits per heavy atom. The van der Waals surface area contributed by atoms with Crippen LogP contribution >= 0.6 is 0 Å². The Labute approximate surface area is 170 Å². The highest BCUT2D eigenvalue weighted by Gasteiger charge is 2.42. The molecule has 5 nitrogen and oxygen atoms in total. The summed E-state index contributed by atoms with van der Waals surface area (Å²) in [4.78, 5) is 30.8. The third kappa shape index (κ3) is 3.36. The van der Waals surface area contributed by atoms with Crippen LogP contribution in [0.2, 0.25) is 0 Å². The van der Waals surface area contributed by atoms with Crippen molar-refractivity contribution in [1.29, 1.82) is 0 Å². The fourth-order valence-electron chi connectivity index (χ4n) is 4.14. The molecule has 1 aromatic heterocycles. The summed E-state index contributed by atoms with van der Waals surface area (Å²) in [6, 6.07) is 14.8. The molecular weight excluding hydrogens is 364 g/mol. The maximum absolute atomic E-state index is 13.4. The Kier molecular flexibility index (Phi) is 5.24. The van der Waals surface area contributed by atoms with Crippen LogP contribution in [0.3, 0.4) is 0 Å². The molecule has 0 spiro atoms. The minimum atomic E-state index is -0.421. The first-order valence-corrected chi connectivity index (χ1v) is 10.2. The van der Waals surface area contributed by atoms with E-state index in [1.807, 2.05) is 49.4 Å². The summed E-state index contributed by atoms with van der Waals surface area (Å²) in [5.41, 5.74) is 2.73. The molecule has 2 aromatic carbocycles. The van der Waals surface area contributed by atoms with Gasteiger partial charge in [0.15, 0.2) is 5.43 Å². The van der Waals surface area contributed by atoms with E-state index in [-0.39, 0.29) is 17.1 Å². The molecular formula is C24H26N2O3. The van der Waals surface area contributed by atoms with E-state index in [1.165, 1.54) is 0 Å². The number of amides is 1. The molecule has 0 bridgehead atoms. The van der Waals surface area contributed by atoms with Crippen molar-refractivity contribution in [2.75, 3.05) is 26.2 Å². The highest BCUT2D eigenvalue weighted by molar-refractivity contribution is 5.99. The van der Waals surface area contributed by atoms with Gasteiger partial charge in [0.05, 0.1) is 17.0 Å². The molecule has 0 saturated heterocycles. The second kappa shape index (κ2) is 7.84. The van der Waals surface area contributed by atoms with E-state index < -0.39 is 6.04 Å². The van der Waals surface area contributed by atoms with Gasteiger partial charge in [-0.25, -0.2) is 0 Å². The van der Waals surface area contributed by atoms with Gasteiger partial charge in [0.2, 0.25) is 5.76 Å². The number of hydrogen-bond acceptors (Lipinski definition) is 4. The van der Waals surface area contributed by atoms with Gasteiger partial charge in [-0.1, -0.05) is 55.8 Å². The number of rotatable bonds is 6. The van der Waals surface area contributed by atoms with Crippen LogP contribution in [-0.4, -0.2) is 41.9 Å². The van der Waals surface area contributed by atoms with Crippen molar-refractivity contribution in [3.8, 4) is 0 Å². The Hall–Kier alpha value is -2.92. The number of aryl methyl sites for hydroxylation is 1. The van der Waals surface area contributed by atoms with Crippen molar-refractivity contribution in [3.63, 3.8) is 0 Å². The average Bonchev–Trinajstić information content (AvgIpc) is 3.02. The fourth-order valence-corrected chi connectivity index (χ4v) is 4.14. The quantitative estimate of drug-likeness (QED) is 0.639. The molecule has 0 saturated carbocycles. The Bertz CT molecular complexity index is 1100. The van der Waals surface area contributed by atoms with E-state index in [4.69, 9.17) is 4.42 Å². The predicted molar refractivity (Wildman–Crippen MR) is 114 cm³/mol. The topological polar surface area (TPSA) is 53.8 Å². The SMILES string of the molecule is CCN(CC)CCN1C(=O)c2oc3ccc(C)cc3c(=O)c2C1c1ccccc1. The van der Waals surface area contributed by atoms with Crippen molar-refractivity contribution in [2.45, 2.75) is 26.8 Å². The standard InChI is InChI=1S/C24H26N2O3/c1-4-25(5-2)13-14-26-21(17-9-7-6-8-10-17)20-22(27)18-15-16(3)11-12-19(18)29-23(20)24(26)28/h6-12,15,21H,4-5,13-14H2,1-3H3. The van der Waals surface area contributed by atoms with Crippen LogP contribution in [-0.2, 0) is 0 Å². The first kappa shape index (κ1) is 19.4. The number of carbonyl (C=O) groups excluding carboxylic acids is 1. The van der Waals surface area contributed by atoms with Gasteiger partial charge in [0, 0.05) is 13.1 Å². The second-order valence-electron chi connectivity index (χ2n) is 7.51. The summed E-state index contributed by atoms with van der Waals surface area (Å²) < 4.78 is 5.99. The molecule has 0 N–H and O–H groups in total. The molecule has 1 amide bonds. The molecule has 29 heavy (non-hydrogen) atoms. The van der Waals surface area contributed by atoms with Crippen LogP contribution in [0.4, 0.5) is 0 Å². The normalized spacial score (nSPS) is 16.1. The van der Waals surface area contributed by atoms with E-state index in [0.717, 1.165) is 30.8 Å². The Morgan fingerprint density at radius 2 is 1.76 bits per heavy atom. The highest BCUT2D eigenvalue weighted by atomic mass is 16.3. The summed E-state index contributed by atoms with van der Waals surface area (Å²) in [7, 11) is 0. The molecule has 1 aliphatic rings. The maximum atomic E-state index is 13.4. The lowest BCUT2D eigenvalue weighted by Crippen LogP contribution is -2.37. The number of hydrogen-bond donors (Lipinski definition) is 0. The van der Waals surface area contributed by atoms with Crippen LogP contribution in [0.1, 0.15) is 47.1 Å². The second-order valence-corrected chi connectivity index (χ2v) is 7.51. The molecule has 150 valence electrons. The Morgan fingerprint density at radius 1 is 1.03 bits per heavy atom. The van der Waals surface area contributed by atoms with Gasteiger partial charge in [-0.15, -0.1) is 0 Å². The summed E-state index contributed by atoms with van der Waals surface area (Å²) >= 11 is 0. The number of benzene rings is 2. The summed E-state index contributed by atoms with van der Waals surface area (Å²) in [5.74, 6) is -0.0275. The average molecular weight is 390 g/mol. The largest absolute Gasteiger partial charge is 0.450 e. The number of likely N-dealkylation sites (N-methyl/N-ethyl adjacent to an activating group) is 1. The zero-order valence-electron chi connectivity index (χ0n) is 17.1. The van der Waals surface area contributed by atoms with Crippen LogP contribution in [0, 0.1) is 6.92 Å². The molecule has 0 fully saturated rings. The maximum Gasteiger partial charge on any atom is 0.290 e. The van der Waals surface area contributed by atoms with Gasteiger partial charge in [-0.3, -0.25) is 9.59 Å². The van der Waals surface area contributed by atoms with Gasteiger partial charge in [0.25, 0.3) is 5.91 Å². The summed E-state index contributed by atoms with van der Waals surface area (Å²) in [5, 5.41) is 0.531. The molecule has 0 radical (unpaired) electrons. The van der Waals surface area contributed by atoms with E-state index in [2.05, 4.69) is 18.7 Å². The van der Waals surface area contributed by atoms with Crippen molar-refractivity contribution in [1.82, 2.24) is 9.80 Å². The highest BCUT2D eigenvalue weighted by Crippen LogP contribution is 2.37. The Balaban J connectivity index is 1.87. The van der Waals surface area contributed by atoms with Gasteiger partial charge < -0.3 is 14.2 Å².